The second-order valence-corrected chi connectivity index (χ2v) is 7.38. The number of urea groups is 1. The third-order valence-electron chi connectivity index (χ3n) is 3.94. The Balaban J connectivity index is 2.06. The molecule has 0 fully saturated rings. The number of primary amides is 1. The first kappa shape index (κ1) is 19.6. The summed E-state index contributed by atoms with van der Waals surface area (Å²) in [5.74, 6) is -0.672. The van der Waals surface area contributed by atoms with E-state index in [0.717, 1.165) is 23.0 Å². The molecule has 0 spiro atoms. The van der Waals surface area contributed by atoms with Crippen molar-refractivity contribution in [1.29, 1.82) is 0 Å². The maximum Gasteiger partial charge on any atom is 0.318 e. The number of carbonyl (C=O) groups excluding carboxylic acids is 2. The summed E-state index contributed by atoms with van der Waals surface area (Å²) in [6, 6.07) is 12.9. The largest absolute Gasteiger partial charge is 0.351 e. The summed E-state index contributed by atoms with van der Waals surface area (Å²) < 4.78 is 16.1. The van der Waals surface area contributed by atoms with Gasteiger partial charge < -0.3 is 5.73 Å². The molecular weight excluding hydrogens is 381 g/mol. The monoisotopic (exact) mass is 399 g/mol. The van der Waals surface area contributed by atoms with E-state index in [1.807, 2.05) is 36.5 Å². The Morgan fingerprint density at radius 3 is 2.46 bits per heavy atom. The molecule has 1 heterocycles. The van der Waals surface area contributed by atoms with Gasteiger partial charge in [0.1, 0.15) is 5.82 Å². The lowest BCUT2D eigenvalue weighted by atomic mass is 10.2. The molecule has 0 bridgehead atoms. The molecule has 0 saturated carbocycles. The van der Waals surface area contributed by atoms with Crippen LogP contribution in [-0.4, -0.2) is 32.0 Å². The molecule has 0 aliphatic rings. The molecule has 3 rings (SSSR count). The average molecular weight is 399 g/mol. The van der Waals surface area contributed by atoms with Crippen molar-refractivity contribution in [2.75, 3.05) is 0 Å². The number of nitrogens with zero attached hydrogens (tertiary/aromatic N) is 3. The summed E-state index contributed by atoms with van der Waals surface area (Å²) in [7, 11) is 0. The molecule has 1 atom stereocenters. The minimum atomic E-state index is -0.926. The summed E-state index contributed by atoms with van der Waals surface area (Å²) in [6.45, 7) is 3.57. The van der Waals surface area contributed by atoms with E-state index in [9.17, 15) is 14.0 Å². The Labute approximate surface area is 165 Å². The first-order valence-corrected chi connectivity index (χ1v) is 9.29. The number of aromatic nitrogens is 3. The fraction of sp³-hybridized carbons (Fsp3) is 0.158. The second-order valence-electron chi connectivity index (χ2n) is 6.07. The minimum Gasteiger partial charge on any atom is -0.351 e. The van der Waals surface area contributed by atoms with Crippen LogP contribution < -0.4 is 11.1 Å². The van der Waals surface area contributed by atoms with Crippen molar-refractivity contribution in [2.24, 2.45) is 5.73 Å². The predicted octanol–water partition coefficient (Wildman–Crippen LogP) is 3.06. The van der Waals surface area contributed by atoms with Crippen LogP contribution in [-0.2, 0) is 4.79 Å². The van der Waals surface area contributed by atoms with Crippen LogP contribution in [0.4, 0.5) is 9.18 Å². The number of nitrogens with one attached hydrogen (secondary N) is 1. The van der Waals surface area contributed by atoms with Crippen LogP contribution in [0.3, 0.4) is 0 Å². The number of rotatable bonds is 5. The molecule has 9 heteroatoms. The van der Waals surface area contributed by atoms with Crippen molar-refractivity contribution in [2.45, 2.75) is 24.3 Å². The fourth-order valence-corrected chi connectivity index (χ4v) is 3.39. The molecule has 2 aromatic carbocycles. The molecule has 0 unspecified atom stereocenters. The third kappa shape index (κ3) is 4.20. The number of hydrogen-bond donors (Lipinski definition) is 2. The van der Waals surface area contributed by atoms with Gasteiger partial charge in [-0.25, -0.2) is 9.18 Å². The van der Waals surface area contributed by atoms with Gasteiger partial charge in [-0.15, -0.1) is 10.2 Å². The van der Waals surface area contributed by atoms with E-state index >= 15 is 0 Å². The molecule has 0 aliphatic carbocycles. The zero-order valence-electron chi connectivity index (χ0n) is 15.2. The second kappa shape index (κ2) is 8.22. The first-order chi connectivity index (χ1) is 13.4. The van der Waals surface area contributed by atoms with E-state index in [0.29, 0.717) is 11.0 Å². The molecule has 144 valence electrons. The predicted molar refractivity (Wildman–Crippen MR) is 105 cm³/mol. The van der Waals surface area contributed by atoms with Crippen LogP contribution in [0.15, 0.2) is 53.7 Å². The summed E-state index contributed by atoms with van der Waals surface area (Å²) >= 11 is 1.09. The lowest BCUT2D eigenvalue weighted by Crippen LogP contribution is -2.39. The van der Waals surface area contributed by atoms with Gasteiger partial charge in [0, 0.05) is 5.69 Å². The highest BCUT2D eigenvalue weighted by atomic mass is 32.2. The highest BCUT2D eigenvalue weighted by Gasteiger charge is 2.23. The minimum absolute atomic E-state index is 0.289. The summed E-state index contributed by atoms with van der Waals surface area (Å²) in [4.78, 5) is 23.0. The summed E-state index contributed by atoms with van der Waals surface area (Å²) in [5, 5.41) is 10.0. The molecule has 28 heavy (non-hydrogen) atoms. The number of benzene rings is 2. The lowest BCUT2D eigenvalue weighted by molar-refractivity contribution is -0.119. The Hall–Kier alpha value is -3.20. The van der Waals surface area contributed by atoms with Gasteiger partial charge in [-0.05, 0) is 38.1 Å². The third-order valence-corrected chi connectivity index (χ3v) is 4.98. The molecule has 3 N–H and O–H groups in total. The highest BCUT2D eigenvalue weighted by molar-refractivity contribution is 8.00. The maximum atomic E-state index is 14.4. The zero-order valence-corrected chi connectivity index (χ0v) is 16.0. The van der Waals surface area contributed by atoms with Gasteiger partial charge in [0.15, 0.2) is 11.0 Å². The number of amides is 3. The van der Waals surface area contributed by atoms with Crippen LogP contribution in [0.25, 0.3) is 17.1 Å². The van der Waals surface area contributed by atoms with Crippen molar-refractivity contribution in [3.63, 3.8) is 0 Å². The number of hydrogen-bond acceptors (Lipinski definition) is 5. The van der Waals surface area contributed by atoms with Crippen LogP contribution >= 0.6 is 11.8 Å². The highest BCUT2D eigenvalue weighted by Crippen LogP contribution is 2.31. The zero-order chi connectivity index (χ0) is 20.3. The van der Waals surface area contributed by atoms with Gasteiger partial charge in [-0.1, -0.05) is 41.6 Å². The Morgan fingerprint density at radius 1 is 1.14 bits per heavy atom. The lowest BCUT2D eigenvalue weighted by Gasteiger charge is -2.13. The van der Waals surface area contributed by atoms with Crippen molar-refractivity contribution in [3.8, 4) is 17.1 Å². The maximum absolute atomic E-state index is 14.4. The molecule has 0 saturated heterocycles. The summed E-state index contributed by atoms with van der Waals surface area (Å²) in [6.07, 6.45) is 0. The average Bonchev–Trinajstić information content (AvgIpc) is 3.05. The van der Waals surface area contributed by atoms with Crippen molar-refractivity contribution >= 4 is 23.7 Å². The van der Waals surface area contributed by atoms with Gasteiger partial charge in [0.2, 0.25) is 5.91 Å². The van der Waals surface area contributed by atoms with E-state index in [2.05, 4.69) is 10.2 Å². The number of imide groups is 1. The van der Waals surface area contributed by atoms with E-state index in [1.165, 1.54) is 6.07 Å². The Morgan fingerprint density at radius 2 is 1.82 bits per heavy atom. The van der Waals surface area contributed by atoms with Crippen LogP contribution in [0, 0.1) is 12.7 Å². The Kier molecular flexibility index (Phi) is 5.74. The van der Waals surface area contributed by atoms with Crippen LogP contribution in [0.2, 0.25) is 0 Å². The summed E-state index contributed by atoms with van der Waals surface area (Å²) in [5.41, 5.74) is 7.07. The fourth-order valence-electron chi connectivity index (χ4n) is 2.52. The van der Waals surface area contributed by atoms with Crippen molar-refractivity contribution in [3.05, 3.63) is 59.9 Å². The van der Waals surface area contributed by atoms with E-state index in [4.69, 9.17) is 5.73 Å². The number of carbonyl (C=O) groups is 2. The van der Waals surface area contributed by atoms with Crippen LogP contribution in [0.1, 0.15) is 12.5 Å². The molecule has 3 aromatic rings. The number of nitrogens with two attached hydrogens (primary N) is 1. The molecule has 7 nitrogen and oxygen atoms in total. The van der Waals surface area contributed by atoms with Gasteiger partial charge in [0.05, 0.1) is 10.8 Å². The SMILES string of the molecule is Cc1ccc(-n2c(S[C@@H](C)C(=O)NC(N)=O)nnc2-c2ccccc2F)cc1. The molecular formula is C19H18FN5O2S. The molecule has 1 aromatic heterocycles. The van der Waals surface area contributed by atoms with Gasteiger partial charge in [-0.3, -0.25) is 14.7 Å². The standard InChI is InChI=1S/C19H18FN5O2S/c1-11-7-9-13(10-8-11)25-16(14-5-3-4-6-15(14)20)23-24-19(25)28-12(2)17(26)22-18(21)27/h3-10,12H,1-2H3,(H3,21,22,26,27)/t12-/m0/s1. The van der Waals surface area contributed by atoms with E-state index in [-0.39, 0.29) is 5.56 Å². The van der Waals surface area contributed by atoms with Crippen molar-refractivity contribution in [1.82, 2.24) is 20.1 Å². The van der Waals surface area contributed by atoms with Crippen LogP contribution in [0.5, 0.6) is 0 Å². The normalized spacial score (nSPS) is 11.8. The smallest absolute Gasteiger partial charge is 0.318 e. The molecule has 3 amide bonds. The number of halogens is 1. The molecule has 0 radical (unpaired) electrons. The molecule has 0 aliphatic heterocycles. The Bertz CT molecular complexity index is 1020. The quantitative estimate of drug-likeness (QED) is 0.642. The first-order valence-electron chi connectivity index (χ1n) is 8.41. The van der Waals surface area contributed by atoms with Gasteiger partial charge in [-0.2, -0.15) is 0 Å². The number of aryl methyl sites for hydroxylation is 1. The van der Waals surface area contributed by atoms with Gasteiger partial charge >= 0.3 is 6.03 Å². The number of thioether (sulfide) groups is 1. The van der Waals surface area contributed by atoms with Crippen molar-refractivity contribution < 1.29 is 14.0 Å². The van der Waals surface area contributed by atoms with E-state index < -0.39 is 23.0 Å². The van der Waals surface area contributed by atoms with E-state index in [1.54, 1.807) is 29.7 Å². The van der Waals surface area contributed by atoms with Gasteiger partial charge in [0.25, 0.3) is 0 Å². The topological polar surface area (TPSA) is 103 Å².